The molecule has 3 nitrogen and oxygen atoms in total. The maximum atomic E-state index is 13.3. The highest BCUT2D eigenvalue weighted by Gasteiger charge is 2.27. The number of benzene rings is 1. The lowest BCUT2D eigenvalue weighted by molar-refractivity contribution is 0.618. The molecule has 0 spiro atoms. The minimum atomic E-state index is -0.168. The van der Waals surface area contributed by atoms with Gasteiger partial charge in [-0.2, -0.15) is 5.10 Å². The predicted octanol–water partition coefficient (Wildman–Crippen LogP) is 2.89. The summed E-state index contributed by atoms with van der Waals surface area (Å²) in [6.07, 6.45) is 3.93. The van der Waals surface area contributed by atoms with Crippen LogP contribution in [0.2, 0.25) is 0 Å². The van der Waals surface area contributed by atoms with Gasteiger partial charge >= 0.3 is 0 Å². The highest BCUT2D eigenvalue weighted by Crippen LogP contribution is 2.34. The average molecular weight is 231 g/mol. The van der Waals surface area contributed by atoms with Crippen molar-refractivity contribution in [3.05, 3.63) is 47.9 Å². The van der Waals surface area contributed by atoms with Crippen LogP contribution in [0.3, 0.4) is 0 Å². The van der Waals surface area contributed by atoms with E-state index in [4.69, 9.17) is 0 Å². The first-order valence-corrected chi connectivity index (χ1v) is 5.86. The van der Waals surface area contributed by atoms with Crippen LogP contribution in [0.1, 0.15) is 24.4 Å². The molecule has 1 fully saturated rings. The van der Waals surface area contributed by atoms with Crippen molar-refractivity contribution in [1.82, 2.24) is 10.2 Å². The molecule has 1 aromatic heterocycles. The highest BCUT2D eigenvalue weighted by atomic mass is 19.1. The number of aromatic amines is 1. The Balaban J connectivity index is 1.92. The standard InChI is InChI=1S/C13H14FN3/c14-11-4-1-3-10(9-11)12-5-2-8-17(12)13-6-7-15-16-13/h1,3-4,6-7,9,12H,2,5,8H2,(H,15,16)/t12-/m1/s1. The fraction of sp³-hybridized carbons (Fsp3) is 0.308. The van der Waals surface area contributed by atoms with Gasteiger partial charge in [0.05, 0.1) is 12.2 Å². The van der Waals surface area contributed by atoms with E-state index in [1.54, 1.807) is 18.3 Å². The molecule has 4 heteroatoms. The number of H-pyrrole nitrogens is 1. The summed E-state index contributed by atoms with van der Waals surface area (Å²) >= 11 is 0. The summed E-state index contributed by atoms with van der Waals surface area (Å²) in [6.45, 7) is 0.989. The summed E-state index contributed by atoms with van der Waals surface area (Å²) in [5.41, 5.74) is 1.04. The Morgan fingerprint density at radius 1 is 1.35 bits per heavy atom. The Kier molecular flexibility index (Phi) is 2.55. The highest BCUT2D eigenvalue weighted by molar-refractivity contribution is 5.42. The second-order valence-corrected chi connectivity index (χ2v) is 4.35. The molecule has 3 rings (SSSR count). The van der Waals surface area contributed by atoms with E-state index in [1.165, 1.54) is 6.07 Å². The molecule has 0 bridgehead atoms. The molecule has 1 aliphatic rings. The molecule has 0 saturated carbocycles. The Bertz CT molecular complexity index is 495. The van der Waals surface area contributed by atoms with Gasteiger partial charge in [0.25, 0.3) is 0 Å². The minimum Gasteiger partial charge on any atom is -0.350 e. The first-order valence-electron chi connectivity index (χ1n) is 5.86. The van der Waals surface area contributed by atoms with Crippen molar-refractivity contribution in [1.29, 1.82) is 0 Å². The van der Waals surface area contributed by atoms with Crippen LogP contribution < -0.4 is 4.90 Å². The molecule has 1 N–H and O–H groups in total. The third-order valence-corrected chi connectivity index (χ3v) is 3.28. The van der Waals surface area contributed by atoms with Gasteiger partial charge in [0.2, 0.25) is 0 Å². The van der Waals surface area contributed by atoms with Gasteiger partial charge in [-0.1, -0.05) is 12.1 Å². The van der Waals surface area contributed by atoms with E-state index in [0.717, 1.165) is 30.8 Å². The summed E-state index contributed by atoms with van der Waals surface area (Å²) in [7, 11) is 0. The first kappa shape index (κ1) is 10.3. The molecule has 1 aromatic carbocycles. The Labute approximate surface area is 99.3 Å². The third kappa shape index (κ3) is 1.90. The molecule has 17 heavy (non-hydrogen) atoms. The van der Waals surface area contributed by atoms with Crippen molar-refractivity contribution in [2.75, 3.05) is 11.4 Å². The topological polar surface area (TPSA) is 31.9 Å². The number of hydrogen-bond donors (Lipinski definition) is 1. The van der Waals surface area contributed by atoms with Crippen LogP contribution in [0.25, 0.3) is 0 Å². The summed E-state index contributed by atoms with van der Waals surface area (Å²) in [5, 5.41) is 6.95. The number of halogens is 1. The fourth-order valence-electron chi connectivity index (χ4n) is 2.52. The molecule has 88 valence electrons. The number of rotatable bonds is 2. The van der Waals surface area contributed by atoms with Crippen molar-refractivity contribution in [3.63, 3.8) is 0 Å². The van der Waals surface area contributed by atoms with E-state index in [-0.39, 0.29) is 11.9 Å². The maximum absolute atomic E-state index is 13.3. The van der Waals surface area contributed by atoms with Gasteiger partial charge in [-0.05, 0) is 30.5 Å². The SMILES string of the molecule is Fc1cccc([C@H]2CCCN2c2ccn[nH]2)c1. The van der Waals surface area contributed by atoms with Crippen molar-refractivity contribution in [2.45, 2.75) is 18.9 Å². The van der Waals surface area contributed by atoms with Gasteiger partial charge in [-0.15, -0.1) is 0 Å². The molecular weight excluding hydrogens is 217 g/mol. The van der Waals surface area contributed by atoms with Crippen molar-refractivity contribution in [2.24, 2.45) is 0 Å². The number of nitrogens with zero attached hydrogens (tertiary/aromatic N) is 2. The van der Waals surface area contributed by atoms with Crippen LogP contribution in [0.5, 0.6) is 0 Å². The predicted molar refractivity (Wildman–Crippen MR) is 64.3 cm³/mol. The Hall–Kier alpha value is -1.84. The largest absolute Gasteiger partial charge is 0.350 e. The lowest BCUT2D eigenvalue weighted by atomic mass is 10.0. The smallest absolute Gasteiger partial charge is 0.124 e. The zero-order chi connectivity index (χ0) is 11.7. The van der Waals surface area contributed by atoms with E-state index < -0.39 is 0 Å². The molecule has 0 aliphatic carbocycles. The quantitative estimate of drug-likeness (QED) is 0.861. The molecule has 1 saturated heterocycles. The summed E-state index contributed by atoms with van der Waals surface area (Å²) in [6, 6.07) is 9.08. The van der Waals surface area contributed by atoms with Crippen LogP contribution in [0, 0.1) is 5.82 Å². The normalized spacial score (nSPS) is 19.8. The van der Waals surface area contributed by atoms with Crippen LogP contribution >= 0.6 is 0 Å². The number of hydrogen-bond acceptors (Lipinski definition) is 2. The number of aromatic nitrogens is 2. The summed E-state index contributed by atoms with van der Waals surface area (Å²) in [4.78, 5) is 2.25. The van der Waals surface area contributed by atoms with Crippen LogP contribution in [0.15, 0.2) is 36.5 Å². The van der Waals surface area contributed by atoms with E-state index >= 15 is 0 Å². The van der Waals surface area contributed by atoms with E-state index in [9.17, 15) is 4.39 Å². The van der Waals surface area contributed by atoms with Crippen LogP contribution in [-0.2, 0) is 0 Å². The maximum Gasteiger partial charge on any atom is 0.124 e. The molecule has 0 radical (unpaired) electrons. The van der Waals surface area contributed by atoms with Crippen LogP contribution in [0.4, 0.5) is 10.2 Å². The van der Waals surface area contributed by atoms with Gasteiger partial charge in [-0.3, -0.25) is 5.10 Å². The average Bonchev–Trinajstić information content (AvgIpc) is 3.00. The zero-order valence-electron chi connectivity index (χ0n) is 9.44. The van der Waals surface area contributed by atoms with Gasteiger partial charge in [-0.25, -0.2) is 4.39 Å². The molecule has 1 atom stereocenters. The van der Waals surface area contributed by atoms with Gasteiger partial charge in [0.1, 0.15) is 11.6 Å². The molecule has 0 amide bonds. The summed E-state index contributed by atoms with van der Waals surface area (Å²) in [5.74, 6) is 0.843. The monoisotopic (exact) mass is 231 g/mol. The van der Waals surface area contributed by atoms with Crippen LogP contribution in [-0.4, -0.2) is 16.7 Å². The molecular formula is C13H14FN3. The molecule has 0 unspecified atom stereocenters. The lowest BCUT2D eigenvalue weighted by Gasteiger charge is -2.25. The number of anilines is 1. The van der Waals surface area contributed by atoms with Crippen molar-refractivity contribution in [3.8, 4) is 0 Å². The lowest BCUT2D eigenvalue weighted by Crippen LogP contribution is -2.22. The van der Waals surface area contributed by atoms with Crippen molar-refractivity contribution < 1.29 is 4.39 Å². The van der Waals surface area contributed by atoms with E-state index in [1.807, 2.05) is 12.1 Å². The Morgan fingerprint density at radius 3 is 3.06 bits per heavy atom. The zero-order valence-corrected chi connectivity index (χ0v) is 9.44. The first-order chi connectivity index (χ1) is 8.34. The second kappa shape index (κ2) is 4.20. The van der Waals surface area contributed by atoms with Gasteiger partial charge in [0, 0.05) is 12.6 Å². The minimum absolute atomic E-state index is 0.168. The molecule has 2 aromatic rings. The van der Waals surface area contributed by atoms with E-state index in [2.05, 4.69) is 15.1 Å². The molecule has 2 heterocycles. The van der Waals surface area contributed by atoms with E-state index in [0.29, 0.717) is 0 Å². The van der Waals surface area contributed by atoms with Gasteiger partial charge in [0.15, 0.2) is 0 Å². The second-order valence-electron chi connectivity index (χ2n) is 4.35. The molecule has 1 aliphatic heterocycles. The summed E-state index contributed by atoms with van der Waals surface area (Å²) < 4.78 is 13.3. The van der Waals surface area contributed by atoms with Gasteiger partial charge < -0.3 is 4.90 Å². The van der Waals surface area contributed by atoms with Crippen molar-refractivity contribution >= 4 is 5.82 Å². The fourth-order valence-corrected chi connectivity index (χ4v) is 2.52. The third-order valence-electron chi connectivity index (χ3n) is 3.28. The Morgan fingerprint density at radius 2 is 2.29 bits per heavy atom. The number of nitrogens with one attached hydrogen (secondary N) is 1.